The van der Waals surface area contributed by atoms with Gasteiger partial charge in [0.1, 0.15) is 0 Å². The number of hydrazone groups is 1. The van der Waals surface area contributed by atoms with Crippen LogP contribution in [0.3, 0.4) is 0 Å². The van der Waals surface area contributed by atoms with Crippen LogP contribution in [0.5, 0.6) is 0 Å². The van der Waals surface area contributed by atoms with E-state index in [4.69, 9.17) is 0 Å². The molecule has 0 saturated carbocycles. The maximum absolute atomic E-state index is 11.8. The van der Waals surface area contributed by atoms with Gasteiger partial charge in [-0.2, -0.15) is 5.10 Å². The van der Waals surface area contributed by atoms with Crippen LogP contribution >= 0.6 is 15.9 Å². The van der Waals surface area contributed by atoms with Crippen LogP contribution in [0.15, 0.2) is 33.8 Å². The van der Waals surface area contributed by atoms with Crippen LogP contribution in [0.4, 0.5) is 0 Å². The van der Waals surface area contributed by atoms with Gasteiger partial charge in [0, 0.05) is 29.2 Å². The summed E-state index contributed by atoms with van der Waals surface area (Å²) in [6, 6.07) is 7.29. The van der Waals surface area contributed by atoms with Gasteiger partial charge in [-0.05, 0) is 24.3 Å². The molecule has 1 aromatic carbocycles. The van der Waals surface area contributed by atoms with Gasteiger partial charge >= 0.3 is 0 Å². The molecule has 14 heavy (non-hydrogen) atoms. The molecule has 1 aromatic rings. The van der Waals surface area contributed by atoms with E-state index < -0.39 is 0 Å². The van der Waals surface area contributed by atoms with Gasteiger partial charge < -0.3 is 0 Å². The van der Waals surface area contributed by atoms with Crippen molar-refractivity contribution >= 4 is 28.1 Å². The lowest BCUT2D eigenvalue weighted by Gasteiger charge is -2.11. The van der Waals surface area contributed by atoms with Gasteiger partial charge in [0.05, 0.1) is 0 Å². The first-order chi connectivity index (χ1) is 6.77. The molecular weight excluding hydrogens is 244 g/mol. The monoisotopic (exact) mass is 252 g/mol. The molecule has 4 heteroatoms. The van der Waals surface area contributed by atoms with E-state index in [1.54, 1.807) is 18.3 Å². The van der Waals surface area contributed by atoms with Gasteiger partial charge in [-0.3, -0.25) is 4.79 Å². The average molecular weight is 253 g/mol. The molecule has 1 aliphatic heterocycles. The zero-order valence-corrected chi connectivity index (χ0v) is 9.07. The minimum absolute atomic E-state index is 0.0359. The average Bonchev–Trinajstić information content (AvgIpc) is 2.71. The molecular formula is C10H9BrN2O. The third-order valence-electron chi connectivity index (χ3n) is 2.02. The molecule has 3 nitrogen and oxygen atoms in total. The van der Waals surface area contributed by atoms with E-state index in [1.165, 1.54) is 5.01 Å². The number of benzene rings is 1. The fraction of sp³-hybridized carbons (Fsp3) is 0.200. The number of carbonyl (C=O) groups excluding carboxylic acids is 1. The van der Waals surface area contributed by atoms with Crippen LogP contribution in [-0.2, 0) is 0 Å². The molecule has 0 radical (unpaired) electrons. The summed E-state index contributed by atoms with van der Waals surface area (Å²) in [6.07, 6.45) is 2.61. The molecule has 0 N–H and O–H groups in total. The first-order valence-corrected chi connectivity index (χ1v) is 5.16. The van der Waals surface area contributed by atoms with Gasteiger partial charge in [0.15, 0.2) is 0 Å². The van der Waals surface area contributed by atoms with Crippen molar-refractivity contribution in [1.29, 1.82) is 0 Å². The summed E-state index contributed by atoms with van der Waals surface area (Å²) in [4.78, 5) is 11.8. The minimum Gasteiger partial charge on any atom is -0.267 e. The fourth-order valence-electron chi connectivity index (χ4n) is 1.29. The number of hydrogen-bond donors (Lipinski definition) is 0. The Hall–Kier alpha value is -1.16. The lowest BCUT2D eigenvalue weighted by atomic mass is 10.2. The van der Waals surface area contributed by atoms with E-state index >= 15 is 0 Å². The Labute approximate surface area is 90.5 Å². The molecule has 1 aliphatic rings. The molecule has 0 aromatic heterocycles. The van der Waals surface area contributed by atoms with Gasteiger partial charge in [-0.1, -0.05) is 15.9 Å². The van der Waals surface area contributed by atoms with Crippen molar-refractivity contribution < 1.29 is 4.79 Å². The first kappa shape index (κ1) is 9.40. The predicted molar refractivity (Wildman–Crippen MR) is 58.3 cm³/mol. The van der Waals surface area contributed by atoms with Crippen molar-refractivity contribution in [1.82, 2.24) is 5.01 Å². The van der Waals surface area contributed by atoms with E-state index in [9.17, 15) is 4.79 Å². The number of hydrogen-bond acceptors (Lipinski definition) is 2. The summed E-state index contributed by atoms with van der Waals surface area (Å²) >= 11 is 3.32. The Kier molecular flexibility index (Phi) is 2.63. The Morgan fingerprint density at radius 3 is 2.64 bits per heavy atom. The topological polar surface area (TPSA) is 32.7 Å². The van der Waals surface area contributed by atoms with E-state index in [1.807, 2.05) is 12.1 Å². The summed E-state index contributed by atoms with van der Waals surface area (Å²) in [5.41, 5.74) is 0.673. The molecule has 1 amide bonds. The smallest absolute Gasteiger partial charge is 0.267 e. The van der Waals surface area contributed by atoms with Crippen molar-refractivity contribution in [3.63, 3.8) is 0 Å². The first-order valence-electron chi connectivity index (χ1n) is 4.37. The SMILES string of the molecule is O=C(c1ccc(Br)cc1)N1CCC=N1. The van der Waals surface area contributed by atoms with Crippen molar-refractivity contribution in [2.24, 2.45) is 5.10 Å². The minimum atomic E-state index is -0.0359. The number of nitrogens with zero attached hydrogens (tertiary/aromatic N) is 2. The molecule has 0 fully saturated rings. The number of carbonyl (C=O) groups is 1. The van der Waals surface area contributed by atoms with E-state index in [0.29, 0.717) is 12.1 Å². The van der Waals surface area contributed by atoms with E-state index in [-0.39, 0.29) is 5.91 Å². The summed E-state index contributed by atoms with van der Waals surface area (Å²) in [6.45, 7) is 0.689. The predicted octanol–water partition coefficient (Wildman–Crippen LogP) is 2.28. The highest BCUT2D eigenvalue weighted by molar-refractivity contribution is 9.10. The molecule has 72 valence electrons. The Balaban J connectivity index is 2.18. The largest absolute Gasteiger partial charge is 0.273 e. The summed E-state index contributed by atoms with van der Waals surface area (Å²) in [5, 5.41) is 5.47. The van der Waals surface area contributed by atoms with Crippen molar-refractivity contribution in [3.8, 4) is 0 Å². The Morgan fingerprint density at radius 1 is 1.36 bits per heavy atom. The van der Waals surface area contributed by atoms with Gasteiger partial charge in [0.2, 0.25) is 0 Å². The maximum atomic E-state index is 11.8. The lowest BCUT2D eigenvalue weighted by Crippen LogP contribution is -2.23. The normalized spacial score (nSPS) is 14.8. The van der Waals surface area contributed by atoms with Gasteiger partial charge in [0.25, 0.3) is 5.91 Å². The summed E-state index contributed by atoms with van der Waals surface area (Å²) in [7, 11) is 0. The van der Waals surface area contributed by atoms with Crippen LogP contribution in [-0.4, -0.2) is 23.7 Å². The number of rotatable bonds is 1. The number of amides is 1. The standard InChI is InChI=1S/C10H9BrN2O/c11-9-4-2-8(3-5-9)10(14)13-7-1-6-12-13/h2-6H,1,7H2. The van der Waals surface area contributed by atoms with Crippen LogP contribution in [0.1, 0.15) is 16.8 Å². The zero-order chi connectivity index (χ0) is 9.97. The lowest BCUT2D eigenvalue weighted by molar-refractivity contribution is 0.0778. The Morgan fingerprint density at radius 2 is 2.07 bits per heavy atom. The van der Waals surface area contributed by atoms with Crippen LogP contribution < -0.4 is 0 Å². The molecule has 0 unspecified atom stereocenters. The fourth-order valence-corrected chi connectivity index (χ4v) is 1.55. The molecule has 2 rings (SSSR count). The van der Waals surface area contributed by atoms with Crippen molar-refractivity contribution in [2.75, 3.05) is 6.54 Å². The van der Waals surface area contributed by atoms with E-state index in [2.05, 4.69) is 21.0 Å². The number of halogens is 1. The summed E-state index contributed by atoms with van der Waals surface area (Å²) < 4.78 is 0.971. The van der Waals surface area contributed by atoms with Crippen molar-refractivity contribution in [3.05, 3.63) is 34.3 Å². The quantitative estimate of drug-likeness (QED) is 0.755. The molecule has 0 spiro atoms. The van der Waals surface area contributed by atoms with Crippen LogP contribution in [0.2, 0.25) is 0 Å². The Bertz CT molecular complexity index is 372. The highest BCUT2D eigenvalue weighted by Crippen LogP contribution is 2.13. The van der Waals surface area contributed by atoms with Crippen molar-refractivity contribution in [2.45, 2.75) is 6.42 Å². The maximum Gasteiger partial charge on any atom is 0.273 e. The molecule has 0 aliphatic carbocycles. The highest BCUT2D eigenvalue weighted by atomic mass is 79.9. The molecule has 0 bridgehead atoms. The second-order valence-corrected chi connectivity index (χ2v) is 3.94. The zero-order valence-electron chi connectivity index (χ0n) is 7.48. The third-order valence-corrected chi connectivity index (χ3v) is 2.55. The second-order valence-electron chi connectivity index (χ2n) is 3.02. The molecule has 1 heterocycles. The highest BCUT2D eigenvalue weighted by Gasteiger charge is 2.16. The van der Waals surface area contributed by atoms with Gasteiger partial charge in [-0.15, -0.1) is 0 Å². The second kappa shape index (κ2) is 3.92. The summed E-state index contributed by atoms with van der Waals surface area (Å²) in [5.74, 6) is -0.0359. The van der Waals surface area contributed by atoms with Gasteiger partial charge in [-0.25, -0.2) is 5.01 Å². The third kappa shape index (κ3) is 1.85. The molecule has 0 saturated heterocycles. The van der Waals surface area contributed by atoms with Crippen LogP contribution in [0.25, 0.3) is 0 Å². The van der Waals surface area contributed by atoms with Crippen LogP contribution in [0, 0.1) is 0 Å². The van der Waals surface area contributed by atoms with E-state index in [0.717, 1.165) is 10.9 Å². The molecule has 0 atom stereocenters.